The Hall–Kier alpha value is -9.90. The number of anilines is 3. The van der Waals surface area contributed by atoms with E-state index in [4.69, 9.17) is 0 Å². The third-order valence-corrected chi connectivity index (χ3v) is 20.2. The van der Waals surface area contributed by atoms with Crippen LogP contribution in [0.5, 0.6) is 0 Å². The number of fused-ring (bicyclic) bond motifs is 15. The van der Waals surface area contributed by atoms with Gasteiger partial charge < -0.3 is 14.0 Å². The Morgan fingerprint density at radius 2 is 0.717 bits per heavy atom. The van der Waals surface area contributed by atoms with Crippen LogP contribution in [0.15, 0.2) is 255 Å². The van der Waals surface area contributed by atoms with Crippen LogP contribution >= 0.6 is 0 Å². The molecule has 0 saturated heterocycles. The molecule has 2 aromatic heterocycles. The molecule has 4 heteroatoms. The minimum absolute atomic E-state index is 0.0583. The zero-order valence-electron chi connectivity index (χ0n) is 55.2. The van der Waals surface area contributed by atoms with E-state index in [0.717, 1.165) is 39.4 Å². The molecule has 12 aromatic carbocycles. The lowest BCUT2D eigenvalue weighted by molar-refractivity contribution is 0.569. The third-order valence-electron chi connectivity index (χ3n) is 20.2. The second-order valence-corrected chi connectivity index (χ2v) is 30.2. The summed E-state index contributed by atoms with van der Waals surface area (Å²) in [6.45, 7) is 27.9. The van der Waals surface area contributed by atoms with Crippen LogP contribution in [0.2, 0.25) is 0 Å². The van der Waals surface area contributed by atoms with E-state index in [0.29, 0.717) is 0 Å². The monoisotopic (exact) mass is 1190 g/mol. The molecule has 2 aliphatic rings. The summed E-state index contributed by atoms with van der Waals surface area (Å²) in [5.41, 5.74) is 26.5. The third kappa shape index (κ3) is 9.22. The number of benzene rings is 12. The predicted octanol–water partition coefficient (Wildman–Crippen LogP) is 22.1. The van der Waals surface area contributed by atoms with Crippen LogP contribution in [0.1, 0.15) is 105 Å². The SMILES string of the molecule is CC(C)(C)c1cc(-c2ccc3c(c2)-n2c4ccccc4c4ccccc4c4ccccc4c4ccc5c(c42)B3c2ccc(-n3c4cc(C(C)(C)C)ccc4c4ccc(C(C)(C)C)cc43)cc2N5c2ccc(-c3ccccc3)cc2-c2ccccc2)cc(C(C)(C)C)c1. The van der Waals surface area contributed by atoms with E-state index in [1.165, 1.54) is 126 Å². The van der Waals surface area contributed by atoms with E-state index in [1.807, 2.05) is 0 Å². The summed E-state index contributed by atoms with van der Waals surface area (Å²) in [6, 6.07) is 98.2. The highest BCUT2D eigenvalue weighted by molar-refractivity contribution is 7.00. The van der Waals surface area contributed by atoms with E-state index < -0.39 is 0 Å². The minimum atomic E-state index is -0.170. The predicted molar refractivity (Wildman–Crippen MR) is 398 cm³/mol. The Labute approximate surface area is 542 Å². The maximum Gasteiger partial charge on any atom is 0.252 e. The average Bonchev–Trinajstić information content (AvgIpc) is 0.890. The molecule has 0 spiro atoms. The van der Waals surface area contributed by atoms with Gasteiger partial charge in [-0.25, -0.2) is 0 Å². The molecule has 4 heterocycles. The smallest absolute Gasteiger partial charge is 0.252 e. The Morgan fingerprint density at radius 1 is 0.261 bits per heavy atom. The van der Waals surface area contributed by atoms with Gasteiger partial charge >= 0.3 is 0 Å². The first-order valence-electron chi connectivity index (χ1n) is 33.0. The van der Waals surface area contributed by atoms with Gasteiger partial charge in [-0.3, -0.25) is 0 Å². The quantitative estimate of drug-likeness (QED) is 0.157. The van der Waals surface area contributed by atoms with Crippen LogP contribution in [0.4, 0.5) is 17.1 Å². The van der Waals surface area contributed by atoms with Gasteiger partial charge in [-0.1, -0.05) is 283 Å². The Balaban J connectivity index is 1.09. The molecule has 0 bridgehead atoms. The summed E-state index contributed by atoms with van der Waals surface area (Å²) in [6.07, 6.45) is 0. The molecule has 0 amide bonds. The highest BCUT2D eigenvalue weighted by Gasteiger charge is 2.43. The van der Waals surface area contributed by atoms with Gasteiger partial charge in [0.15, 0.2) is 0 Å². The van der Waals surface area contributed by atoms with Gasteiger partial charge in [0.1, 0.15) is 0 Å². The first-order chi connectivity index (χ1) is 44.2. The Kier molecular flexibility index (Phi) is 13.0. The lowest BCUT2D eigenvalue weighted by atomic mass is 9.33. The van der Waals surface area contributed by atoms with Crippen molar-refractivity contribution < 1.29 is 0 Å². The molecule has 448 valence electrons. The van der Waals surface area contributed by atoms with Gasteiger partial charge in [0.05, 0.1) is 27.8 Å². The molecule has 2 aliphatic heterocycles. The van der Waals surface area contributed by atoms with Crippen LogP contribution in [-0.4, -0.2) is 15.8 Å². The summed E-state index contributed by atoms with van der Waals surface area (Å²) < 4.78 is 5.26. The number of rotatable bonds is 5. The second kappa shape index (κ2) is 20.8. The number of hydrogen-bond acceptors (Lipinski definition) is 1. The van der Waals surface area contributed by atoms with Gasteiger partial charge in [-0.05, 0) is 164 Å². The zero-order valence-corrected chi connectivity index (χ0v) is 55.2. The summed E-state index contributed by atoms with van der Waals surface area (Å²) >= 11 is 0. The van der Waals surface area contributed by atoms with Gasteiger partial charge in [0.2, 0.25) is 0 Å². The highest BCUT2D eigenvalue weighted by Crippen LogP contribution is 2.48. The second-order valence-electron chi connectivity index (χ2n) is 30.2. The first kappa shape index (κ1) is 57.3. The minimum Gasteiger partial charge on any atom is -0.311 e. The molecule has 16 rings (SSSR count). The topological polar surface area (TPSA) is 13.1 Å². The fraction of sp³-hybridized carbons (Fsp3) is 0.182. The van der Waals surface area contributed by atoms with Crippen molar-refractivity contribution in [3.63, 3.8) is 0 Å². The molecule has 0 fully saturated rings. The van der Waals surface area contributed by atoms with E-state index in [-0.39, 0.29) is 28.4 Å². The largest absolute Gasteiger partial charge is 0.311 e. The van der Waals surface area contributed by atoms with Crippen molar-refractivity contribution >= 4 is 105 Å². The molecule has 0 radical (unpaired) electrons. The average molecular weight is 1190 g/mol. The summed E-state index contributed by atoms with van der Waals surface area (Å²) in [5.74, 6) is 0. The fourth-order valence-corrected chi connectivity index (χ4v) is 15.1. The normalized spacial score (nSPS) is 13.2. The van der Waals surface area contributed by atoms with Crippen molar-refractivity contribution in [2.75, 3.05) is 4.90 Å². The standard InChI is InChI=1S/C88H78BN3/c1-85(2,3)60-37-40-70-71-41-38-61(86(4,5)6)53-80(71)90(79(70)52-60)64-39-44-75-82(54-64)91(77-45-36-57(55-25-15-13-16-26-55)49-73(77)56-27-17-14-18-28-56)78-46-42-72-68-32-22-20-30-66(68)65-29-19-21-31-67(65)69-33-23-24-34-76(69)92-81-50-58(35-43-74(81)89(75)83(78)84(72)92)59-47-62(87(7,8)9)51-63(48-59)88(10,11)12/h13-54H,1-12H3. The molecule has 3 nitrogen and oxygen atoms in total. The van der Waals surface area contributed by atoms with Crippen molar-refractivity contribution in [3.8, 4) is 44.8 Å². The molecule has 92 heavy (non-hydrogen) atoms. The summed E-state index contributed by atoms with van der Waals surface area (Å²) in [5, 5.41) is 9.78. The van der Waals surface area contributed by atoms with Crippen molar-refractivity contribution in [2.45, 2.75) is 105 Å². The molecule has 14 aromatic rings. The molecule has 0 saturated carbocycles. The van der Waals surface area contributed by atoms with E-state index in [1.54, 1.807) is 0 Å². The highest BCUT2D eigenvalue weighted by atomic mass is 15.2. The molecule has 0 N–H and O–H groups in total. The molecule has 0 unspecified atom stereocenters. The zero-order chi connectivity index (χ0) is 63.3. The van der Waals surface area contributed by atoms with Crippen LogP contribution in [0.25, 0.3) is 110 Å². The number of hydrogen-bond donors (Lipinski definition) is 0. The summed E-state index contributed by atoms with van der Waals surface area (Å²) in [7, 11) is 0. The lowest BCUT2D eigenvalue weighted by Crippen LogP contribution is -2.60. The van der Waals surface area contributed by atoms with Gasteiger partial charge in [0.25, 0.3) is 6.71 Å². The number of aromatic nitrogens is 2. The maximum absolute atomic E-state index is 2.68. The van der Waals surface area contributed by atoms with Gasteiger partial charge in [-0.2, -0.15) is 0 Å². The van der Waals surface area contributed by atoms with Crippen molar-refractivity contribution in [3.05, 3.63) is 277 Å². The van der Waals surface area contributed by atoms with Crippen LogP contribution < -0.4 is 21.3 Å². The van der Waals surface area contributed by atoms with E-state index in [9.17, 15) is 0 Å². The van der Waals surface area contributed by atoms with Gasteiger partial charge in [0, 0.05) is 49.9 Å². The summed E-state index contributed by atoms with van der Waals surface area (Å²) in [4.78, 5) is 2.65. The van der Waals surface area contributed by atoms with Crippen molar-refractivity contribution in [1.29, 1.82) is 0 Å². The molecular weight excluding hydrogens is 1110 g/mol. The van der Waals surface area contributed by atoms with Gasteiger partial charge in [-0.15, -0.1) is 0 Å². The Morgan fingerprint density at radius 3 is 1.30 bits per heavy atom. The van der Waals surface area contributed by atoms with Crippen LogP contribution in [-0.2, 0) is 21.7 Å². The first-order valence-corrected chi connectivity index (χ1v) is 33.0. The van der Waals surface area contributed by atoms with Crippen LogP contribution in [0, 0.1) is 0 Å². The fourth-order valence-electron chi connectivity index (χ4n) is 15.1. The molecular formula is C88H78BN3. The van der Waals surface area contributed by atoms with E-state index >= 15 is 0 Å². The van der Waals surface area contributed by atoms with Crippen molar-refractivity contribution in [1.82, 2.24) is 9.13 Å². The molecule has 0 aliphatic carbocycles. The number of para-hydroxylation sites is 1. The lowest BCUT2D eigenvalue weighted by Gasteiger charge is -2.41. The maximum atomic E-state index is 2.68. The Bertz CT molecular complexity index is 5330. The van der Waals surface area contributed by atoms with Crippen LogP contribution in [0.3, 0.4) is 0 Å². The number of nitrogens with zero attached hydrogens (tertiary/aromatic N) is 3. The van der Waals surface area contributed by atoms with Crippen molar-refractivity contribution in [2.24, 2.45) is 0 Å². The molecule has 0 atom stereocenters. The van der Waals surface area contributed by atoms with E-state index in [2.05, 4.69) is 352 Å².